The van der Waals surface area contributed by atoms with Gasteiger partial charge in [0, 0.05) is 44.0 Å². The monoisotopic (exact) mass is 341 g/mol. The summed E-state index contributed by atoms with van der Waals surface area (Å²) >= 11 is 0. The van der Waals surface area contributed by atoms with Crippen LogP contribution in [0.5, 0.6) is 0 Å². The molecule has 1 aromatic rings. The molecule has 1 aromatic heterocycles. The highest BCUT2D eigenvalue weighted by atomic mass is 32.2. The number of nitrogens with zero attached hydrogens (tertiary/aromatic N) is 3. The minimum atomic E-state index is -3.20. The fraction of sp³-hybridized carbons (Fsp3) is 0.812. The van der Waals surface area contributed by atoms with Crippen molar-refractivity contribution in [3.05, 3.63) is 18.0 Å². The van der Waals surface area contributed by atoms with Crippen LogP contribution in [-0.2, 0) is 21.3 Å². The number of ether oxygens (including phenoxy) is 1. The Bertz CT molecular complexity index is 620. The van der Waals surface area contributed by atoms with Crippen LogP contribution in [0.25, 0.3) is 0 Å². The Balaban J connectivity index is 1.64. The molecule has 2 aliphatic rings. The predicted molar refractivity (Wildman–Crippen MR) is 88.8 cm³/mol. The molecule has 7 heteroatoms. The summed E-state index contributed by atoms with van der Waals surface area (Å²) in [7, 11) is -3.20. The normalized spacial score (nSPS) is 28.1. The van der Waals surface area contributed by atoms with E-state index in [2.05, 4.69) is 18.1 Å². The minimum Gasteiger partial charge on any atom is -0.378 e. The fourth-order valence-electron chi connectivity index (χ4n) is 3.80. The molecule has 0 aromatic carbocycles. The van der Waals surface area contributed by atoms with Crippen molar-refractivity contribution < 1.29 is 13.2 Å². The standard InChI is InChI=1S/C16H27N3O3S/c1-3-19-16(4-8-17-19)14-5-9-18(10-6-14)23(20,21)15-7-11-22-13(2)12-15/h4,8,13-15H,3,5-7,9-12H2,1-2H3. The van der Waals surface area contributed by atoms with Crippen LogP contribution in [-0.4, -0.2) is 53.6 Å². The summed E-state index contributed by atoms with van der Waals surface area (Å²) < 4.78 is 34.9. The highest BCUT2D eigenvalue weighted by molar-refractivity contribution is 7.89. The molecule has 2 saturated heterocycles. The topological polar surface area (TPSA) is 64.4 Å². The number of aryl methyl sites for hydroxylation is 1. The number of piperidine rings is 1. The van der Waals surface area contributed by atoms with E-state index < -0.39 is 10.0 Å². The molecule has 130 valence electrons. The van der Waals surface area contributed by atoms with Crippen LogP contribution >= 0.6 is 0 Å². The summed E-state index contributed by atoms with van der Waals surface area (Å²) in [5.74, 6) is 0.414. The van der Waals surface area contributed by atoms with Gasteiger partial charge >= 0.3 is 0 Å². The van der Waals surface area contributed by atoms with Crippen molar-refractivity contribution in [2.24, 2.45) is 0 Å². The Morgan fingerprint density at radius 2 is 2.04 bits per heavy atom. The maximum absolute atomic E-state index is 12.9. The number of aromatic nitrogens is 2. The molecule has 0 radical (unpaired) electrons. The van der Waals surface area contributed by atoms with Crippen molar-refractivity contribution in [3.8, 4) is 0 Å². The van der Waals surface area contributed by atoms with Gasteiger partial charge < -0.3 is 4.74 Å². The second-order valence-electron chi connectivity index (χ2n) is 6.62. The Hall–Kier alpha value is -0.920. The van der Waals surface area contributed by atoms with Crippen LogP contribution in [0.4, 0.5) is 0 Å². The van der Waals surface area contributed by atoms with Crippen molar-refractivity contribution >= 4 is 10.0 Å². The van der Waals surface area contributed by atoms with Crippen LogP contribution in [0.15, 0.2) is 12.3 Å². The summed E-state index contributed by atoms with van der Waals surface area (Å²) in [4.78, 5) is 0. The molecule has 0 spiro atoms. The zero-order valence-corrected chi connectivity index (χ0v) is 14.8. The van der Waals surface area contributed by atoms with Crippen molar-refractivity contribution in [1.29, 1.82) is 0 Å². The Morgan fingerprint density at radius 3 is 2.70 bits per heavy atom. The van der Waals surface area contributed by atoms with Gasteiger partial charge in [-0.1, -0.05) is 0 Å². The van der Waals surface area contributed by atoms with E-state index in [1.54, 1.807) is 4.31 Å². The summed E-state index contributed by atoms with van der Waals surface area (Å²) in [6.07, 6.45) is 4.87. The van der Waals surface area contributed by atoms with Crippen molar-refractivity contribution in [2.75, 3.05) is 19.7 Å². The highest BCUT2D eigenvalue weighted by Gasteiger charge is 2.37. The molecule has 3 heterocycles. The van der Waals surface area contributed by atoms with E-state index >= 15 is 0 Å². The van der Waals surface area contributed by atoms with Gasteiger partial charge in [0.2, 0.25) is 10.0 Å². The lowest BCUT2D eigenvalue weighted by atomic mass is 9.94. The fourth-order valence-corrected chi connectivity index (χ4v) is 5.85. The number of hydrogen-bond donors (Lipinski definition) is 0. The van der Waals surface area contributed by atoms with Gasteiger partial charge in [0.25, 0.3) is 0 Å². The minimum absolute atomic E-state index is 0.0416. The van der Waals surface area contributed by atoms with Crippen LogP contribution < -0.4 is 0 Å². The van der Waals surface area contributed by atoms with E-state index in [1.165, 1.54) is 5.69 Å². The zero-order chi connectivity index (χ0) is 16.4. The van der Waals surface area contributed by atoms with E-state index in [-0.39, 0.29) is 11.4 Å². The van der Waals surface area contributed by atoms with Gasteiger partial charge in [-0.25, -0.2) is 12.7 Å². The lowest BCUT2D eigenvalue weighted by Crippen LogP contribution is -2.46. The van der Waals surface area contributed by atoms with Crippen LogP contribution in [0.1, 0.15) is 51.1 Å². The molecule has 0 amide bonds. The number of rotatable bonds is 4. The maximum atomic E-state index is 12.9. The average molecular weight is 341 g/mol. The van der Waals surface area contributed by atoms with Crippen molar-refractivity contribution in [3.63, 3.8) is 0 Å². The highest BCUT2D eigenvalue weighted by Crippen LogP contribution is 2.31. The molecule has 0 N–H and O–H groups in total. The Morgan fingerprint density at radius 1 is 1.30 bits per heavy atom. The first-order chi connectivity index (χ1) is 11.0. The van der Waals surface area contributed by atoms with Gasteiger partial charge in [-0.2, -0.15) is 5.10 Å². The van der Waals surface area contributed by atoms with E-state index in [4.69, 9.17) is 4.74 Å². The first-order valence-electron chi connectivity index (χ1n) is 8.64. The summed E-state index contributed by atoms with van der Waals surface area (Å²) in [6.45, 7) is 6.70. The average Bonchev–Trinajstić information content (AvgIpc) is 3.03. The van der Waals surface area contributed by atoms with E-state index in [1.807, 2.05) is 17.8 Å². The van der Waals surface area contributed by atoms with Crippen LogP contribution in [0.2, 0.25) is 0 Å². The Kier molecular flexibility index (Phi) is 5.08. The predicted octanol–water partition coefficient (Wildman–Crippen LogP) is 1.98. The molecule has 2 atom stereocenters. The summed E-state index contributed by atoms with van der Waals surface area (Å²) in [5, 5.41) is 4.06. The quantitative estimate of drug-likeness (QED) is 0.840. The van der Waals surface area contributed by atoms with E-state index in [0.717, 1.165) is 19.4 Å². The molecular weight excluding hydrogens is 314 g/mol. The molecule has 0 saturated carbocycles. The van der Waals surface area contributed by atoms with Gasteiger partial charge in [-0.05, 0) is 45.6 Å². The third-order valence-corrected chi connectivity index (χ3v) is 7.49. The maximum Gasteiger partial charge on any atom is 0.217 e. The lowest BCUT2D eigenvalue weighted by Gasteiger charge is -2.36. The SMILES string of the molecule is CCn1nccc1C1CCN(S(=O)(=O)C2CCOC(C)C2)CC1. The molecule has 2 unspecified atom stereocenters. The Labute approximate surface area is 138 Å². The molecule has 2 aliphatic heterocycles. The second-order valence-corrected chi connectivity index (χ2v) is 8.83. The molecule has 23 heavy (non-hydrogen) atoms. The van der Waals surface area contributed by atoms with Crippen molar-refractivity contribution in [1.82, 2.24) is 14.1 Å². The van der Waals surface area contributed by atoms with Gasteiger partial charge in [0.05, 0.1) is 11.4 Å². The molecule has 2 fully saturated rings. The first kappa shape index (κ1) is 16.9. The molecule has 0 bridgehead atoms. The number of sulfonamides is 1. The molecule has 0 aliphatic carbocycles. The summed E-state index contributed by atoms with van der Waals surface area (Å²) in [6, 6.07) is 2.07. The second kappa shape index (κ2) is 6.91. The lowest BCUT2D eigenvalue weighted by molar-refractivity contribution is 0.0292. The van der Waals surface area contributed by atoms with Gasteiger partial charge in [-0.15, -0.1) is 0 Å². The van der Waals surface area contributed by atoms with Crippen LogP contribution in [0.3, 0.4) is 0 Å². The van der Waals surface area contributed by atoms with Gasteiger partial charge in [-0.3, -0.25) is 4.68 Å². The smallest absolute Gasteiger partial charge is 0.217 e. The zero-order valence-electron chi connectivity index (χ0n) is 14.0. The van der Waals surface area contributed by atoms with E-state index in [9.17, 15) is 8.42 Å². The van der Waals surface area contributed by atoms with Gasteiger partial charge in [0.15, 0.2) is 0 Å². The molecule has 3 rings (SSSR count). The van der Waals surface area contributed by atoms with Crippen LogP contribution in [0, 0.1) is 0 Å². The third-order valence-electron chi connectivity index (χ3n) is 5.14. The van der Waals surface area contributed by atoms with Crippen molar-refractivity contribution in [2.45, 2.75) is 63.3 Å². The first-order valence-corrected chi connectivity index (χ1v) is 10.1. The summed E-state index contributed by atoms with van der Waals surface area (Å²) in [5.41, 5.74) is 1.24. The molecule has 6 nitrogen and oxygen atoms in total. The largest absolute Gasteiger partial charge is 0.378 e. The van der Waals surface area contributed by atoms with Gasteiger partial charge in [0.1, 0.15) is 0 Å². The third kappa shape index (κ3) is 3.46. The number of hydrogen-bond acceptors (Lipinski definition) is 4. The van der Waals surface area contributed by atoms with E-state index in [0.29, 0.717) is 38.5 Å². The molecular formula is C16H27N3O3S.